The van der Waals surface area contributed by atoms with E-state index in [1.165, 1.54) is 21.8 Å². The average molecular weight is 269 g/mol. The van der Waals surface area contributed by atoms with Gasteiger partial charge in [0, 0.05) is 34.9 Å². The zero-order chi connectivity index (χ0) is 13.8. The molecule has 0 atom stereocenters. The summed E-state index contributed by atoms with van der Waals surface area (Å²) in [5, 5.41) is 2.40. The minimum Gasteiger partial charge on any atom is -0.306 e. The molecular weight excluding hydrogens is 258 g/mol. The molecule has 0 amide bonds. The number of pyridine rings is 1. The third kappa shape index (κ3) is 1.32. The highest BCUT2D eigenvalue weighted by atomic mass is 15.0. The third-order valence-corrected chi connectivity index (χ3v) is 4.09. The number of aliphatic imine (C=N–C) groups is 1. The first-order valence-electron chi connectivity index (χ1n) is 6.94. The molecule has 0 fully saturated rings. The summed E-state index contributed by atoms with van der Waals surface area (Å²) in [5.74, 6) is 0. The lowest BCUT2D eigenvalue weighted by molar-refractivity contribution is 1.17. The Labute approximate surface area is 121 Å². The lowest BCUT2D eigenvalue weighted by Crippen LogP contribution is -1.94. The average Bonchev–Trinajstić information content (AvgIpc) is 2.78. The van der Waals surface area contributed by atoms with Gasteiger partial charge in [-0.1, -0.05) is 30.3 Å². The summed E-state index contributed by atoms with van der Waals surface area (Å²) >= 11 is 0. The maximum atomic E-state index is 4.64. The molecule has 0 spiro atoms. The third-order valence-electron chi connectivity index (χ3n) is 4.09. The first kappa shape index (κ1) is 10.8. The van der Waals surface area contributed by atoms with Crippen LogP contribution in [0.3, 0.4) is 0 Å². The van der Waals surface area contributed by atoms with Gasteiger partial charge in [-0.05, 0) is 18.2 Å². The van der Waals surface area contributed by atoms with Crippen LogP contribution in [0.25, 0.3) is 27.5 Å². The van der Waals surface area contributed by atoms with Gasteiger partial charge in [-0.2, -0.15) is 0 Å². The number of fused-ring (bicyclic) bond motifs is 5. The van der Waals surface area contributed by atoms with Crippen LogP contribution in [0.2, 0.25) is 0 Å². The van der Waals surface area contributed by atoms with Gasteiger partial charge in [0.15, 0.2) is 0 Å². The summed E-state index contributed by atoms with van der Waals surface area (Å²) in [4.78, 5) is 8.94. The molecule has 0 unspecified atom stereocenters. The second-order valence-corrected chi connectivity index (χ2v) is 5.22. The number of aromatic nitrogens is 2. The predicted molar refractivity (Wildman–Crippen MR) is 85.8 cm³/mol. The van der Waals surface area contributed by atoms with Crippen molar-refractivity contribution in [3.63, 3.8) is 0 Å². The van der Waals surface area contributed by atoms with Crippen LogP contribution in [-0.4, -0.2) is 15.8 Å². The molecule has 0 bridgehead atoms. The van der Waals surface area contributed by atoms with Gasteiger partial charge in [0.2, 0.25) is 0 Å². The molecule has 0 N–H and O–H groups in total. The number of benzene rings is 2. The first-order chi connectivity index (χ1) is 10.4. The number of nitrogens with zero attached hydrogens (tertiary/aromatic N) is 3. The van der Waals surface area contributed by atoms with Gasteiger partial charge in [0.1, 0.15) is 0 Å². The van der Waals surface area contributed by atoms with Crippen LogP contribution in [0.1, 0.15) is 5.56 Å². The van der Waals surface area contributed by atoms with Crippen LogP contribution in [0, 0.1) is 0 Å². The van der Waals surface area contributed by atoms with Crippen molar-refractivity contribution in [2.45, 2.75) is 0 Å². The molecule has 5 rings (SSSR count). The number of hydrogen-bond acceptors (Lipinski definition) is 2. The lowest BCUT2D eigenvalue weighted by atomic mass is 10.1. The van der Waals surface area contributed by atoms with Crippen LogP contribution in [0.4, 0.5) is 5.69 Å². The highest BCUT2D eigenvalue weighted by molar-refractivity contribution is 6.15. The molecule has 2 aromatic heterocycles. The molecule has 0 aliphatic carbocycles. The number of hydrogen-bond donors (Lipinski definition) is 0. The minimum atomic E-state index is 0.990. The van der Waals surface area contributed by atoms with Crippen molar-refractivity contribution < 1.29 is 0 Å². The molecule has 4 aromatic rings. The SMILES string of the molecule is C1=Nc2ccccc2-n2c3ccncc3c3cccc1c32. The molecule has 3 nitrogen and oxygen atoms in total. The molecule has 98 valence electrons. The normalized spacial score (nSPS) is 12.6. The maximum absolute atomic E-state index is 4.64. The lowest BCUT2D eigenvalue weighted by Gasteiger charge is -2.09. The highest BCUT2D eigenvalue weighted by Gasteiger charge is 2.18. The second-order valence-electron chi connectivity index (χ2n) is 5.22. The summed E-state index contributed by atoms with van der Waals surface area (Å²) < 4.78 is 2.30. The van der Waals surface area contributed by atoms with Crippen molar-refractivity contribution in [3.05, 3.63) is 66.5 Å². The van der Waals surface area contributed by atoms with E-state index in [9.17, 15) is 0 Å². The molecule has 1 aliphatic rings. The Morgan fingerprint density at radius 1 is 0.857 bits per heavy atom. The summed E-state index contributed by atoms with van der Waals surface area (Å²) in [6.07, 6.45) is 5.75. The van der Waals surface area contributed by atoms with Crippen LogP contribution in [0.15, 0.2) is 65.9 Å². The molecule has 1 aliphatic heterocycles. The Morgan fingerprint density at radius 2 is 1.81 bits per heavy atom. The standard InChI is InChI=1S/C18H11N3/c1-2-7-17-15(6-1)20-10-12-4-3-5-13-14-11-19-9-8-16(14)21(17)18(12)13/h1-11H. The van der Waals surface area contributed by atoms with Crippen molar-refractivity contribution in [1.82, 2.24) is 9.55 Å². The van der Waals surface area contributed by atoms with Gasteiger partial charge in [-0.15, -0.1) is 0 Å². The van der Waals surface area contributed by atoms with E-state index in [2.05, 4.69) is 57.0 Å². The fourth-order valence-electron chi connectivity index (χ4n) is 3.19. The van der Waals surface area contributed by atoms with E-state index >= 15 is 0 Å². The van der Waals surface area contributed by atoms with E-state index < -0.39 is 0 Å². The van der Waals surface area contributed by atoms with Gasteiger partial charge >= 0.3 is 0 Å². The van der Waals surface area contributed by atoms with Gasteiger partial charge in [-0.3, -0.25) is 9.98 Å². The summed E-state index contributed by atoms with van der Waals surface area (Å²) in [6.45, 7) is 0. The topological polar surface area (TPSA) is 30.2 Å². The van der Waals surface area contributed by atoms with Crippen LogP contribution in [-0.2, 0) is 0 Å². The zero-order valence-corrected chi connectivity index (χ0v) is 11.2. The Kier molecular flexibility index (Phi) is 1.95. The molecule has 3 heteroatoms. The minimum absolute atomic E-state index is 0.990. The molecule has 3 heterocycles. The van der Waals surface area contributed by atoms with Crippen LogP contribution >= 0.6 is 0 Å². The first-order valence-corrected chi connectivity index (χ1v) is 6.94. The number of para-hydroxylation sites is 3. The molecular formula is C18H11N3. The summed E-state index contributed by atoms with van der Waals surface area (Å²) in [6, 6.07) is 16.7. The Hall–Kier alpha value is -2.94. The Balaban J connectivity index is 2.14. The van der Waals surface area contributed by atoms with E-state index in [4.69, 9.17) is 0 Å². The van der Waals surface area contributed by atoms with E-state index in [-0.39, 0.29) is 0 Å². The smallest absolute Gasteiger partial charge is 0.0870 e. The van der Waals surface area contributed by atoms with Gasteiger partial charge in [-0.25, -0.2) is 0 Å². The Bertz CT molecular complexity index is 1040. The summed E-state index contributed by atoms with van der Waals surface area (Å²) in [7, 11) is 0. The highest BCUT2D eigenvalue weighted by Crippen LogP contribution is 2.37. The van der Waals surface area contributed by atoms with E-state index in [0.717, 1.165) is 16.9 Å². The number of rotatable bonds is 0. The molecule has 2 aromatic carbocycles. The van der Waals surface area contributed by atoms with Crippen molar-refractivity contribution in [2.24, 2.45) is 4.99 Å². The van der Waals surface area contributed by atoms with Crippen LogP contribution < -0.4 is 0 Å². The quantitative estimate of drug-likeness (QED) is 0.413. The molecule has 21 heavy (non-hydrogen) atoms. The predicted octanol–water partition coefficient (Wildman–Crippen LogP) is 4.24. The van der Waals surface area contributed by atoms with Gasteiger partial charge < -0.3 is 4.57 Å². The summed E-state index contributed by atoms with van der Waals surface area (Å²) in [5.41, 5.74) is 5.62. The van der Waals surface area contributed by atoms with Gasteiger partial charge in [0.25, 0.3) is 0 Å². The van der Waals surface area contributed by atoms with E-state index in [1.54, 1.807) is 0 Å². The van der Waals surface area contributed by atoms with Crippen molar-refractivity contribution >= 4 is 33.7 Å². The molecule has 0 radical (unpaired) electrons. The van der Waals surface area contributed by atoms with E-state index in [1.807, 2.05) is 24.7 Å². The monoisotopic (exact) mass is 269 g/mol. The second kappa shape index (κ2) is 3.79. The largest absolute Gasteiger partial charge is 0.306 e. The van der Waals surface area contributed by atoms with E-state index in [0.29, 0.717) is 0 Å². The Morgan fingerprint density at radius 3 is 2.81 bits per heavy atom. The zero-order valence-electron chi connectivity index (χ0n) is 11.2. The van der Waals surface area contributed by atoms with Crippen molar-refractivity contribution in [2.75, 3.05) is 0 Å². The van der Waals surface area contributed by atoms with Crippen molar-refractivity contribution in [3.8, 4) is 5.69 Å². The molecule has 0 saturated heterocycles. The van der Waals surface area contributed by atoms with Crippen LogP contribution in [0.5, 0.6) is 0 Å². The fourth-order valence-corrected chi connectivity index (χ4v) is 3.19. The maximum Gasteiger partial charge on any atom is 0.0870 e. The van der Waals surface area contributed by atoms with Crippen molar-refractivity contribution in [1.29, 1.82) is 0 Å². The van der Waals surface area contributed by atoms with Gasteiger partial charge in [0.05, 0.1) is 22.4 Å². The molecule has 0 saturated carbocycles. The fraction of sp³-hybridized carbons (Fsp3) is 0.